The van der Waals surface area contributed by atoms with Crippen LogP contribution in [0.15, 0.2) is 6.07 Å². The van der Waals surface area contributed by atoms with E-state index in [9.17, 15) is 4.79 Å². The molecular formula is C8H13N3O. The van der Waals surface area contributed by atoms with Gasteiger partial charge in [0.1, 0.15) is 5.69 Å². The van der Waals surface area contributed by atoms with Gasteiger partial charge in [0.05, 0.1) is 0 Å². The Morgan fingerprint density at radius 3 is 2.75 bits per heavy atom. The maximum absolute atomic E-state index is 11.3. The number of H-pyrrole nitrogens is 1. The van der Waals surface area contributed by atoms with Crippen LogP contribution in [0, 0.1) is 0 Å². The Bertz CT molecular complexity index is 278. The number of nitrogens with zero attached hydrogens (tertiary/aromatic N) is 2. The maximum atomic E-state index is 11.3. The second-order valence-electron chi connectivity index (χ2n) is 2.83. The molecule has 1 N–H and O–H groups in total. The monoisotopic (exact) mass is 167 g/mol. The van der Waals surface area contributed by atoms with Gasteiger partial charge in [-0.2, -0.15) is 5.10 Å². The molecule has 0 aliphatic carbocycles. The molecule has 1 heterocycles. The van der Waals surface area contributed by atoms with Crippen LogP contribution in [0.3, 0.4) is 0 Å². The number of nitrogens with one attached hydrogen (secondary N) is 1. The average molecular weight is 167 g/mol. The third-order valence-electron chi connectivity index (χ3n) is 1.64. The molecule has 0 unspecified atom stereocenters. The van der Waals surface area contributed by atoms with Gasteiger partial charge in [-0.1, -0.05) is 6.92 Å². The van der Waals surface area contributed by atoms with Crippen molar-refractivity contribution in [2.75, 3.05) is 14.1 Å². The van der Waals surface area contributed by atoms with Gasteiger partial charge < -0.3 is 4.90 Å². The van der Waals surface area contributed by atoms with Gasteiger partial charge in [-0.15, -0.1) is 0 Å². The first kappa shape index (κ1) is 8.77. The highest BCUT2D eigenvalue weighted by molar-refractivity contribution is 5.91. The summed E-state index contributed by atoms with van der Waals surface area (Å²) < 4.78 is 0. The van der Waals surface area contributed by atoms with E-state index in [0.29, 0.717) is 5.69 Å². The standard InChI is InChI=1S/C8H13N3O/c1-4-6-5-7(10-9-6)8(12)11(2)3/h5H,4H2,1-3H3,(H,9,10). The smallest absolute Gasteiger partial charge is 0.273 e. The van der Waals surface area contributed by atoms with Crippen LogP contribution in [0.1, 0.15) is 23.1 Å². The number of carbonyl (C=O) groups excluding carboxylic acids is 1. The van der Waals surface area contributed by atoms with Crippen LogP contribution in [-0.2, 0) is 6.42 Å². The van der Waals surface area contributed by atoms with Crippen LogP contribution < -0.4 is 0 Å². The SMILES string of the molecule is CCc1cc(C(=O)N(C)C)n[nH]1. The summed E-state index contributed by atoms with van der Waals surface area (Å²) in [6.07, 6.45) is 0.869. The van der Waals surface area contributed by atoms with Gasteiger partial charge in [0, 0.05) is 19.8 Å². The fraction of sp³-hybridized carbons (Fsp3) is 0.500. The van der Waals surface area contributed by atoms with Gasteiger partial charge in [-0.25, -0.2) is 0 Å². The van der Waals surface area contributed by atoms with E-state index in [0.717, 1.165) is 12.1 Å². The minimum Gasteiger partial charge on any atom is -0.343 e. The van der Waals surface area contributed by atoms with Crippen LogP contribution in [0.25, 0.3) is 0 Å². The molecule has 0 fully saturated rings. The molecule has 0 aliphatic heterocycles. The van der Waals surface area contributed by atoms with E-state index in [1.54, 1.807) is 20.2 Å². The van der Waals surface area contributed by atoms with Crippen LogP contribution >= 0.6 is 0 Å². The molecule has 1 aromatic heterocycles. The van der Waals surface area contributed by atoms with Gasteiger partial charge in [-0.3, -0.25) is 9.89 Å². The molecule has 0 aromatic carbocycles. The van der Waals surface area contributed by atoms with Crippen molar-refractivity contribution in [1.82, 2.24) is 15.1 Å². The van der Waals surface area contributed by atoms with Crippen molar-refractivity contribution in [1.29, 1.82) is 0 Å². The van der Waals surface area contributed by atoms with Crippen LogP contribution in [0.4, 0.5) is 0 Å². The molecule has 1 aromatic rings. The van der Waals surface area contributed by atoms with Gasteiger partial charge in [0.15, 0.2) is 0 Å². The lowest BCUT2D eigenvalue weighted by atomic mass is 10.3. The summed E-state index contributed by atoms with van der Waals surface area (Å²) in [4.78, 5) is 12.8. The van der Waals surface area contributed by atoms with E-state index >= 15 is 0 Å². The van der Waals surface area contributed by atoms with Gasteiger partial charge >= 0.3 is 0 Å². The number of aryl methyl sites for hydroxylation is 1. The molecule has 12 heavy (non-hydrogen) atoms. The van der Waals surface area contributed by atoms with Crippen molar-refractivity contribution >= 4 is 5.91 Å². The van der Waals surface area contributed by atoms with E-state index in [1.807, 2.05) is 6.92 Å². The molecule has 0 atom stereocenters. The number of aromatic amines is 1. The van der Waals surface area contributed by atoms with Crippen molar-refractivity contribution < 1.29 is 4.79 Å². The number of aromatic nitrogens is 2. The lowest BCUT2D eigenvalue weighted by Gasteiger charge is -2.05. The topological polar surface area (TPSA) is 49.0 Å². The normalized spacial score (nSPS) is 9.92. The summed E-state index contributed by atoms with van der Waals surface area (Å²) in [5.41, 5.74) is 1.47. The molecule has 1 amide bonds. The summed E-state index contributed by atoms with van der Waals surface area (Å²) in [7, 11) is 3.42. The summed E-state index contributed by atoms with van der Waals surface area (Å²) in [6, 6.07) is 1.78. The molecule has 66 valence electrons. The van der Waals surface area contributed by atoms with E-state index < -0.39 is 0 Å². The molecule has 1 rings (SSSR count). The first-order chi connectivity index (χ1) is 5.65. The number of hydrogen-bond donors (Lipinski definition) is 1. The van der Waals surface area contributed by atoms with Gasteiger partial charge in [0.25, 0.3) is 5.91 Å². The second kappa shape index (κ2) is 3.38. The lowest BCUT2D eigenvalue weighted by Crippen LogP contribution is -2.21. The summed E-state index contributed by atoms with van der Waals surface area (Å²) in [5.74, 6) is -0.0639. The lowest BCUT2D eigenvalue weighted by molar-refractivity contribution is 0.0822. The third-order valence-corrected chi connectivity index (χ3v) is 1.64. The summed E-state index contributed by atoms with van der Waals surface area (Å²) in [6.45, 7) is 2.01. The maximum Gasteiger partial charge on any atom is 0.273 e. The zero-order chi connectivity index (χ0) is 9.14. The van der Waals surface area contributed by atoms with E-state index in [-0.39, 0.29) is 5.91 Å². The highest BCUT2D eigenvalue weighted by atomic mass is 16.2. The molecule has 0 saturated carbocycles. The fourth-order valence-corrected chi connectivity index (χ4v) is 0.881. The Morgan fingerprint density at radius 1 is 1.67 bits per heavy atom. The van der Waals surface area contributed by atoms with E-state index in [1.165, 1.54) is 4.90 Å². The van der Waals surface area contributed by atoms with Gasteiger partial charge in [-0.05, 0) is 12.5 Å². The average Bonchev–Trinajstić information content (AvgIpc) is 2.50. The molecule has 0 bridgehead atoms. The molecule has 0 aliphatic rings. The first-order valence-electron chi connectivity index (χ1n) is 3.91. The highest BCUT2D eigenvalue weighted by Crippen LogP contribution is 2.01. The highest BCUT2D eigenvalue weighted by Gasteiger charge is 2.10. The number of rotatable bonds is 2. The summed E-state index contributed by atoms with van der Waals surface area (Å²) >= 11 is 0. The second-order valence-corrected chi connectivity index (χ2v) is 2.83. The minimum absolute atomic E-state index is 0.0639. The van der Waals surface area contributed by atoms with Crippen LogP contribution in [0.2, 0.25) is 0 Å². The molecule has 4 heteroatoms. The van der Waals surface area contributed by atoms with Crippen LogP contribution in [-0.4, -0.2) is 35.1 Å². The quantitative estimate of drug-likeness (QED) is 0.704. The first-order valence-corrected chi connectivity index (χ1v) is 3.91. The molecule has 0 saturated heterocycles. The van der Waals surface area contributed by atoms with E-state index in [4.69, 9.17) is 0 Å². The van der Waals surface area contributed by atoms with Crippen molar-refractivity contribution in [3.8, 4) is 0 Å². The van der Waals surface area contributed by atoms with E-state index in [2.05, 4.69) is 10.2 Å². The van der Waals surface area contributed by atoms with Crippen molar-refractivity contribution in [3.05, 3.63) is 17.5 Å². The Labute approximate surface area is 71.6 Å². The Balaban J connectivity index is 2.82. The predicted molar refractivity (Wildman–Crippen MR) is 46.0 cm³/mol. The number of carbonyl (C=O) groups is 1. The van der Waals surface area contributed by atoms with Crippen molar-refractivity contribution in [2.45, 2.75) is 13.3 Å². The molecular weight excluding hydrogens is 154 g/mol. The Kier molecular flexibility index (Phi) is 2.47. The molecule has 0 radical (unpaired) electrons. The Hall–Kier alpha value is -1.32. The van der Waals surface area contributed by atoms with Crippen molar-refractivity contribution in [2.24, 2.45) is 0 Å². The third kappa shape index (κ3) is 1.64. The zero-order valence-corrected chi connectivity index (χ0v) is 7.59. The Morgan fingerprint density at radius 2 is 2.33 bits per heavy atom. The molecule has 4 nitrogen and oxygen atoms in total. The van der Waals surface area contributed by atoms with Crippen LogP contribution in [0.5, 0.6) is 0 Å². The molecule has 0 spiro atoms. The minimum atomic E-state index is -0.0639. The largest absolute Gasteiger partial charge is 0.343 e. The van der Waals surface area contributed by atoms with Crippen molar-refractivity contribution in [3.63, 3.8) is 0 Å². The predicted octanol–water partition coefficient (Wildman–Crippen LogP) is 0.674. The zero-order valence-electron chi connectivity index (χ0n) is 7.59. The van der Waals surface area contributed by atoms with Gasteiger partial charge in [0.2, 0.25) is 0 Å². The number of amides is 1. The summed E-state index contributed by atoms with van der Waals surface area (Å²) in [5, 5.41) is 6.69. The number of hydrogen-bond acceptors (Lipinski definition) is 2. The fourth-order valence-electron chi connectivity index (χ4n) is 0.881.